The first kappa shape index (κ1) is 20.9. The van der Waals surface area contributed by atoms with Gasteiger partial charge in [-0.2, -0.15) is 0 Å². The summed E-state index contributed by atoms with van der Waals surface area (Å²) >= 11 is 0. The smallest absolute Gasteiger partial charge is 0.283 e. The number of ether oxygens (including phenoxy) is 4. The molecule has 9 heteroatoms. The molecule has 1 aromatic heterocycles. The van der Waals surface area contributed by atoms with Crippen molar-refractivity contribution in [2.24, 2.45) is 16.1 Å². The first-order valence-corrected chi connectivity index (χ1v) is 10.8. The third kappa shape index (κ3) is 3.19. The summed E-state index contributed by atoms with van der Waals surface area (Å²) in [7, 11) is 0. The van der Waals surface area contributed by atoms with Gasteiger partial charge in [-0.15, -0.1) is 0 Å². The number of fused-ring (bicyclic) bond motifs is 4. The number of benzene rings is 2. The van der Waals surface area contributed by atoms with E-state index in [2.05, 4.69) is 16.9 Å². The molecule has 0 unspecified atom stereocenters. The van der Waals surface area contributed by atoms with E-state index >= 15 is 0 Å². The minimum absolute atomic E-state index is 0.00623. The van der Waals surface area contributed by atoms with Crippen molar-refractivity contribution in [3.63, 3.8) is 0 Å². The topological polar surface area (TPSA) is 88.2 Å². The van der Waals surface area contributed by atoms with Gasteiger partial charge < -0.3 is 24.7 Å². The Balaban J connectivity index is 1.45. The number of hydrogen-bond acceptors (Lipinski definition) is 7. The van der Waals surface area contributed by atoms with E-state index < -0.39 is 17.2 Å². The highest BCUT2D eigenvalue weighted by molar-refractivity contribution is 5.78. The Hall–Kier alpha value is -3.72. The predicted molar refractivity (Wildman–Crippen MR) is 119 cm³/mol. The molecule has 0 aliphatic carbocycles. The zero-order valence-corrected chi connectivity index (χ0v) is 18.3. The lowest BCUT2D eigenvalue weighted by molar-refractivity contribution is -0.120. The lowest BCUT2D eigenvalue weighted by Gasteiger charge is -2.37. The van der Waals surface area contributed by atoms with E-state index in [9.17, 15) is 8.78 Å². The van der Waals surface area contributed by atoms with Crippen molar-refractivity contribution in [2.45, 2.75) is 12.5 Å². The fourth-order valence-electron chi connectivity index (χ4n) is 4.51. The number of nitrogens with zero attached hydrogens (tertiary/aromatic N) is 2. The molecule has 1 spiro atoms. The molecule has 3 aliphatic rings. The van der Waals surface area contributed by atoms with Crippen LogP contribution in [0, 0.1) is 17.0 Å². The number of pyridine rings is 1. The highest BCUT2D eigenvalue weighted by Gasteiger charge is 2.48. The van der Waals surface area contributed by atoms with Gasteiger partial charge in [0.15, 0.2) is 5.54 Å². The molecule has 7 nitrogen and oxygen atoms in total. The molecular weight excluding hydrogens is 444 g/mol. The van der Waals surface area contributed by atoms with Gasteiger partial charge in [-0.3, -0.25) is 0 Å². The van der Waals surface area contributed by atoms with Gasteiger partial charge in [0.2, 0.25) is 5.88 Å². The molecule has 174 valence electrons. The molecule has 2 aromatic carbocycles. The van der Waals surface area contributed by atoms with E-state index in [4.69, 9.17) is 24.7 Å². The number of halogens is 2. The lowest BCUT2D eigenvalue weighted by Crippen LogP contribution is -2.44. The molecule has 2 N–H and O–H groups in total. The van der Waals surface area contributed by atoms with Gasteiger partial charge in [0.05, 0.1) is 37.1 Å². The molecule has 1 atom stereocenters. The predicted octanol–water partition coefficient (Wildman–Crippen LogP) is 4.14. The third-order valence-electron chi connectivity index (χ3n) is 6.37. The Morgan fingerprint density at radius 1 is 1.06 bits per heavy atom. The van der Waals surface area contributed by atoms with Crippen LogP contribution in [-0.2, 0) is 15.0 Å². The molecule has 1 fully saturated rings. The number of nitrogens with two attached hydrogens (primary N) is 1. The number of rotatable bonds is 4. The minimum atomic E-state index is -1.10. The maximum absolute atomic E-state index is 14.5. The van der Waals surface area contributed by atoms with Crippen molar-refractivity contribution >= 4 is 6.02 Å². The van der Waals surface area contributed by atoms with Crippen LogP contribution in [0.2, 0.25) is 0 Å². The molecule has 0 saturated carbocycles. The SMILES string of the molecule is CC1(COc2cnc3c(c2)[C@]2(COC(N)=N2)c2cc(-c4c(F)cccc4F)ccc2O3)COC1. The van der Waals surface area contributed by atoms with Gasteiger partial charge in [-0.1, -0.05) is 19.1 Å². The zero-order chi connectivity index (χ0) is 23.5. The van der Waals surface area contributed by atoms with Crippen LogP contribution in [0.1, 0.15) is 18.1 Å². The Bertz CT molecular complexity index is 1320. The van der Waals surface area contributed by atoms with Crippen molar-refractivity contribution in [1.82, 2.24) is 4.98 Å². The summed E-state index contributed by atoms with van der Waals surface area (Å²) in [6.07, 6.45) is 1.59. The summed E-state index contributed by atoms with van der Waals surface area (Å²) in [6.45, 7) is 3.91. The molecule has 4 heterocycles. The minimum Gasteiger partial charge on any atom is -0.491 e. The normalized spacial score (nSPS) is 21.6. The number of aliphatic imine (C=N–C) groups is 1. The number of hydrogen-bond donors (Lipinski definition) is 1. The van der Waals surface area contributed by atoms with Crippen LogP contribution < -0.4 is 15.2 Å². The summed E-state index contributed by atoms with van der Waals surface area (Å²) in [6, 6.07) is 10.5. The van der Waals surface area contributed by atoms with Gasteiger partial charge in [-0.25, -0.2) is 18.8 Å². The Kier molecular flexibility index (Phi) is 4.54. The van der Waals surface area contributed by atoms with Gasteiger partial charge in [0.1, 0.15) is 29.7 Å². The van der Waals surface area contributed by atoms with E-state index in [0.717, 1.165) is 0 Å². The molecule has 1 saturated heterocycles. The van der Waals surface area contributed by atoms with E-state index in [-0.39, 0.29) is 23.6 Å². The summed E-state index contributed by atoms with van der Waals surface area (Å²) in [5.74, 6) is 0.000743. The second kappa shape index (κ2) is 7.39. The maximum atomic E-state index is 14.5. The summed E-state index contributed by atoms with van der Waals surface area (Å²) < 4.78 is 52.0. The highest BCUT2D eigenvalue weighted by atomic mass is 19.1. The van der Waals surface area contributed by atoms with Gasteiger partial charge in [0.25, 0.3) is 6.02 Å². The van der Waals surface area contributed by atoms with Crippen LogP contribution in [-0.4, -0.2) is 37.4 Å². The van der Waals surface area contributed by atoms with E-state index in [0.29, 0.717) is 53.9 Å². The third-order valence-corrected chi connectivity index (χ3v) is 6.37. The van der Waals surface area contributed by atoms with Crippen LogP contribution in [0.15, 0.2) is 53.7 Å². The molecule has 0 bridgehead atoms. The van der Waals surface area contributed by atoms with Gasteiger partial charge in [-0.05, 0) is 35.9 Å². The Labute approximate surface area is 194 Å². The maximum Gasteiger partial charge on any atom is 0.283 e. The lowest BCUT2D eigenvalue weighted by atomic mass is 9.81. The zero-order valence-electron chi connectivity index (χ0n) is 18.3. The average molecular weight is 465 g/mol. The highest BCUT2D eigenvalue weighted by Crippen LogP contribution is 2.51. The van der Waals surface area contributed by atoms with E-state index in [1.54, 1.807) is 30.5 Å². The average Bonchev–Trinajstić information content (AvgIpc) is 3.19. The van der Waals surface area contributed by atoms with Crippen LogP contribution >= 0.6 is 0 Å². The Morgan fingerprint density at radius 3 is 2.53 bits per heavy atom. The first-order valence-electron chi connectivity index (χ1n) is 10.8. The summed E-state index contributed by atoms with van der Waals surface area (Å²) in [5, 5.41) is 0. The van der Waals surface area contributed by atoms with Gasteiger partial charge in [0, 0.05) is 11.0 Å². The van der Waals surface area contributed by atoms with Crippen molar-refractivity contribution in [2.75, 3.05) is 26.4 Å². The fraction of sp³-hybridized carbons (Fsp3) is 0.280. The second-order valence-electron chi connectivity index (χ2n) is 9.12. The number of amidine groups is 1. The van der Waals surface area contributed by atoms with Crippen LogP contribution in [0.3, 0.4) is 0 Å². The van der Waals surface area contributed by atoms with E-state index in [1.165, 1.54) is 18.2 Å². The summed E-state index contributed by atoms with van der Waals surface area (Å²) in [4.78, 5) is 9.06. The molecular formula is C25H21F2N3O4. The largest absolute Gasteiger partial charge is 0.491 e. The van der Waals surface area contributed by atoms with Crippen molar-refractivity contribution in [3.05, 3.63) is 71.4 Å². The molecule has 3 aromatic rings. The van der Waals surface area contributed by atoms with E-state index in [1.807, 2.05) is 0 Å². The molecule has 34 heavy (non-hydrogen) atoms. The van der Waals surface area contributed by atoms with Crippen LogP contribution in [0.5, 0.6) is 17.4 Å². The van der Waals surface area contributed by atoms with Crippen molar-refractivity contribution in [1.29, 1.82) is 0 Å². The fourth-order valence-corrected chi connectivity index (χ4v) is 4.51. The monoisotopic (exact) mass is 465 g/mol. The summed E-state index contributed by atoms with van der Waals surface area (Å²) in [5.41, 5.74) is 6.17. The quantitative estimate of drug-likeness (QED) is 0.623. The standard InChI is InChI=1S/C25H21F2N3O4/c1-24(10-31-11-24)12-32-15-8-17-22(29-9-15)34-20-6-5-14(21-18(26)3-2-4-19(21)27)7-16(20)25(17)13-33-23(28)30-25/h2-9H,10-13H2,1H3,(H2,28,30)/t25-/m0/s1. The van der Waals surface area contributed by atoms with Crippen molar-refractivity contribution in [3.8, 4) is 28.5 Å². The molecule has 0 amide bonds. The molecule has 6 rings (SSSR count). The molecule has 0 radical (unpaired) electrons. The van der Waals surface area contributed by atoms with Crippen LogP contribution in [0.4, 0.5) is 8.78 Å². The molecule has 3 aliphatic heterocycles. The van der Waals surface area contributed by atoms with Crippen LogP contribution in [0.25, 0.3) is 11.1 Å². The second-order valence-corrected chi connectivity index (χ2v) is 9.12. The number of aromatic nitrogens is 1. The van der Waals surface area contributed by atoms with Crippen molar-refractivity contribution < 1.29 is 27.7 Å². The van der Waals surface area contributed by atoms with Gasteiger partial charge >= 0.3 is 0 Å². The Morgan fingerprint density at radius 2 is 1.85 bits per heavy atom. The first-order chi connectivity index (χ1) is 16.4.